The monoisotopic (exact) mass is 389 g/mol. The van der Waals surface area contributed by atoms with Crippen molar-refractivity contribution in [3.63, 3.8) is 0 Å². The van der Waals surface area contributed by atoms with Crippen LogP contribution in [0.3, 0.4) is 0 Å². The molecule has 2 aliphatic rings. The lowest BCUT2D eigenvalue weighted by Crippen LogP contribution is -2.32. The van der Waals surface area contributed by atoms with Crippen molar-refractivity contribution in [2.75, 3.05) is 13.2 Å². The highest BCUT2D eigenvalue weighted by molar-refractivity contribution is 5.94. The Kier molecular flexibility index (Phi) is 5.48. The number of carbonyl (C=O) groups is 2. The Balaban J connectivity index is 1.46. The van der Waals surface area contributed by atoms with E-state index >= 15 is 0 Å². The van der Waals surface area contributed by atoms with Crippen molar-refractivity contribution >= 4 is 11.8 Å². The molecule has 1 aliphatic heterocycles. The van der Waals surface area contributed by atoms with E-state index in [0.29, 0.717) is 49.7 Å². The number of aryl methyl sites for hydroxylation is 1. The average Bonchev–Trinajstić information content (AvgIpc) is 3.57. The van der Waals surface area contributed by atoms with Crippen molar-refractivity contribution in [1.82, 2.24) is 10.2 Å². The van der Waals surface area contributed by atoms with E-state index in [1.807, 2.05) is 18.2 Å². The second-order valence-corrected chi connectivity index (χ2v) is 7.55. The lowest BCUT2D eigenvalue weighted by molar-refractivity contribution is -0.121. The maximum atomic E-state index is 12.9. The molecule has 4 rings (SSSR count). The minimum Gasteiger partial charge on any atom is -0.491 e. The van der Waals surface area contributed by atoms with Crippen LogP contribution in [0.4, 0.5) is 0 Å². The second-order valence-electron chi connectivity index (χ2n) is 7.55. The van der Waals surface area contributed by atoms with Crippen LogP contribution < -0.4 is 10.1 Å². The highest BCUT2D eigenvalue weighted by atomic mass is 16.5. The van der Waals surface area contributed by atoms with E-state index < -0.39 is 0 Å². The SMILES string of the molecule is N#Cc1cccc(C(=O)N2CCOc3ccc(CCC(=O)NC4CC4)cc3C2)c1. The van der Waals surface area contributed by atoms with Gasteiger partial charge in [0.1, 0.15) is 12.4 Å². The van der Waals surface area contributed by atoms with Crippen LogP contribution in [-0.4, -0.2) is 35.9 Å². The molecule has 1 heterocycles. The molecule has 0 aromatic heterocycles. The average molecular weight is 389 g/mol. The predicted octanol–water partition coefficient (Wildman–Crippen LogP) is 2.80. The molecule has 0 bridgehead atoms. The molecule has 1 fully saturated rings. The van der Waals surface area contributed by atoms with Gasteiger partial charge in [-0.15, -0.1) is 0 Å². The zero-order chi connectivity index (χ0) is 20.2. The van der Waals surface area contributed by atoms with Gasteiger partial charge in [0.2, 0.25) is 5.91 Å². The van der Waals surface area contributed by atoms with Crippen LogP contribution in [0.25, 0.3) is 0 Å². The number of nitrogens with one attached hydrogen (secondary N) is 1. The number of carbonyl (C=O) groups excluding carboxylic acids is 2. The van der Waals surface area contributed by atoms with Crippen molar-refractivity contribution in [3.05, 3.63) is 64.7 Å². The largest absolute Gasteiger partial charge is 0.491 e. The Bertz CT molecular complexity index is 976. The number of nitriles is 1. The van der Waals surface area contributed by atoms with Gasteiger partial charge >= 0.3 is 0 Å². The molecule has 6 nitrogen and oxygen atoms in total. The summed E-state index contributed by atoms with van der Waals surface area (Å²) in [5.74, 6) is 0.748. The summed E-state index contributed by atoms with van der Waals surface area (Å²) in [6.45, 7) is 1.33. The number of ether oxygens (including phenoxy) is 1. The number of hydrogen-bond acceptors (Lipinski definition) is 4. The third-order valence-electron chi connectivity index (χ3n) is 5.21. The van der Waals surface area contributed by atoms with Gasteiger partial charge in [-0.2, -0.15) is 5.26 Å². The Morgan fingerprint density at radius 2 is 2.07 bits per heavy atom. The first kappa shape index (κ1) is 19.0. The molecule has 1 aliphatic carbocycles. The van der Waals surface area contributed by atoms with Crippen molar-refractivity contribution in [2.24, 2.45) is 0 Å². The van der Waals surface area contributed by atoms with Crippen molar-refractivity contribution in [1.29, 1.82) is 5.26 Å². The van der Waals surface area contributed by atoms with Crippen molar-refractivity contribution in [2.45, 2.75) is 38.3 Å². The summed E-state index contributed by atoms with van der Waals surface area (Å²) in [7, 11) is 0. The predicted molar refractivity (Wildman–Crippen MR) is 107 cm³/mol. The second kappa shape index (κ2) is 8.36. The highest BCUT2D eigenvalue weighted by Gasteiger charge is 2.24. The van der Waals surface area contributed by atoms with Gasteiger partial charge in [-0.3, -0.25) is 9.59 Å². The van der Waals surface area contributed by atoms with Crippen LogP contribution in [0.15, 0.2) is 42.5 Å². The standard InChI is InChI=1S/C23H23N3O3/c24-14-17-2-1-3-18(13-17)23(28)26-10-11-29-21-8-4-16(12-19(21)15-26)5-9-22(27)25-20-6-7-20/h1-4,8,12-13,20H,5-7,9-11,15H2,(H,25,27). The normalized spacial score (nSPS) is 15.5. The van der Waals surface area contributed by atoms with Crippen molar-refractivity contribution < 1.29 is 14.3 Å². The van der Waals surface area contributed by atoms with Gasteiger partial charge in [-0.25, -0.2) is 0 Å². The first-order chi connectivity index (χ1) is 14.1. The molecule has 0 atom stereocenters. The van der Waals surface area contributed by atoms with Gasteiger partial charge in [0.15, 0.2) is 0 Å². The summed E-state index contributed by atoms with van der Waals surface area (Å²) >= 11 is 0. The summed E-state index contributed by atoms with van der Waals surface area (Å²) in [5.41, 5.74) is 2.96. The summed E-state index contributed by atoms with van der Waals surface area (Å²) in [6, 6.07) is 15.1. The fourth-order valence-corrected chi connectivity index (χ4v) is 3.47. The van der Waals surface area contributed by atoms with E-state index in [1.165, 1.54) is 0 Å². The molecule has 1 N–H and O–H groups in total. The summed E-state index contributed by atoms with van der Waals surface area (Å²) in [5, 5.41) is 12.1. The molecular formula is C23H23N3O3. The van der Waals surface area contributed by atoms with Crippen LogP contribution in [0.1, 0.15) is 46.3 Å². The Hall–Kier alpha value is -3.33. The van der Waals surface area contributed by atoms with Gasteiger partial charge in [-0.1, -0.05) is 18.2 Å². The van der Waals surface area contributed by atoms with E-state index in [9.17, 15) is 9.59 Å². The number of benzene rings is 2. The van der Waals surface area contributed by atoms with Gasteiger partial charge in [0, 0.05) is 30.1 Å². The van der Waals surface area contributed by atoms with Crippen LogP contribution in [0.2, 0.25) is 0 Å². The minimum atomic E-state index is -0.118. The molecule has 6 heteroatoms. The van der Waals surface area contributed by atoms with Crippen LogP contribution in [0, 0.1) is 11.3 Å². The lowest BCUT2D eigenvalue weighted by atomic mass is 10.0. The molecule has 0 unspecified atom stereocenters. The van der Waals surface area contributed by atoms with Crippen molar-refractivity contribution in [3.8, 4) is 11.8 Å². The minimum absolute atomic E-state index is 0.0906. The molecule has 0 saturated heterocycles. The molecular weight excluding hydrogens is 366 g/mol. The maximum absolute atomic E-state index is 12.9. The molecule has 2 aromatic carbocycles. The summed E-state index contributed by atoms with van der Waals surface area (Å²) in [4.78, 5) is 26.6. The van der Waals surface area contributed by atoms with Gasteiger partial charge in [0.05, 0.1) is 18.2 Å². The molecule has 0 radical (unpaired) electrons. The molecule has 0 spiro atoms. The molecule has 2 amide bonds. The van der Waals surface area contributed by atoms with E-state index in [0.717, 1.165) is 29.7 Å². The first-order valence-electron chi connectivity index (χ1n) is 9.96. The van der Waals surface area contributed by atoms with Crippen LogP contribution >= 0.6 is 0 Å². The van der Waals surface area contributed by atoms with E-state index in [1.54, 1.807) is 29.2 Å². The molecule has 29 heavy (non-hydrogen) atoms. The molecule has 1 saturated carbocycles. The molecule has 2 aromatic rings. The zero-order valence-corrected chi connectivity index (χ0v) is 16.2. The number of hydrogen-bond donors (Lipinski definition) is 1. The number of fused-ring (bicyclic) bond motifs is 1. The third kappa shape index (κ3) is 4.75. The maximum Gasteiger partial charge on any atom is 0.254 e. The van der Waals surface area contributed by atoms with Gasteiger partial charge in [0.25, 0.3) is 5.91 Å². The van der Waals surface area contributed by atoms with E-state index in [4.69, 9.17) is 10.00 Å². The smallest absolute Gasteiger partial charge is 0.254 e. The topological polar surface area (TPSA) is 82.4 Å². The Labute approximate surface area is 170 Å². The fourth-order valence-electron chi connectivity index (χ4n) is 3.47. The van der Waals surface area contributed by atoms with Crippen LogP contribution in [0.5, 0.6) is 5.75 Å². The highest BCUT2D eigenvalue weighted by Crippen LogP contribution is 2.26. The number of nitrogens with zero attached hydrogens (tertiary/aromatic N) is 2. The van der Waals surface area contributed by atoms with Gasteiger partial charge in [-0.05, 0) is 49.1 Å². The van der Waals surface area contributed by atoms with Gasteiger partial charge < -0.3 is 15.0 Å². The molecule has 148 valence electrons. The number of rotatable bonds is 5. The number of amides is 2. The summed E-state index contributed by atoms with van der Waals surface area (Å²) < 4.78 is 5.83. The Morgan fingerprint density at radius 3 is 2.86 bits per heavy atom. The Morgan fingerprint density at radius 1 is 1.21 bits per heavy atom. The zero-order valence-electron chi connectivity index (χ0n) is 16.2. The van der Waals surface area contributed by atoms with E-state index in [-0.39, 0.29) is 11.8 Å². The quantitative estimate of drug-likeness (QED) is 0.852. The fraction of sp³-hybridized carbons (Fsp3) is 0.348. The van der Waals surface area contributed by atoms with Crippen LogP contribution in [-0.2, 0) is 17.8 Å². The van der Waals surface area contributed by atoms with E-state index in [2.05, 4.69) is 11.4 Å². The lowest BCUT2D eigenvalue weighted by Gasteiger charge is -2.20. The summed E-state index contributed by atoms with van der Waals surface area (Å²) in [6.07, 6.45) is 3.29. The first-order valence-corrected chi connectivity index (χ1v) is 9.96. The third-order valence-corrected chi connectivity index (χ3v) is 5.21.